The van der Waals surface area contributed by atoms with E-state index in [1.807, 2.05) is 0 Å². The van der Waals surface area contributed by atoms with Crippen LogP contribution >= 0.6 is 12.6 Å². The maximum atomic E-state index is 4.97. The van der Waals surface area contributed by atoms with Crippen LogP contribution in [0.15, 0.2) is 0 Å². The lowest BCUT2D eigenvalue weighted by molar-refractivity contribution is -0.0563. The van der Waals surface area contributed by atoms with E-state index in [0.717, 1.165) is 11.8 Å². The number of hydrogen-bond donors (Lipinski definition) is 1. The van der Waals surface area contributed by atoms with E-state index in [1.54, 1.807) is 0 Å². The predicted molar refractivity (Wildman–Crippen MR) is 62.8 cm³/mol. The Morgan fingerprint density at radius 3 is 2.07 bits per heavy atom. The van der Waals surface area contributed by atoms with Crippen LogP contribution < -0.4 is 0 Å². The van der Waals surface area contributed by atoms with E-state index in [9.17, 15) is 0 Å². The Kier molecular flexibility index (Phi) is 1.84. The van der Waals surface area contributed by atoms with Crippen LogP contribution in [0, 0.1) is 11.8 Å². The molecule has 0 saturated heterocycles. The SMILES string of the molecule is CN(C)C12C[C@@H]3C[C@@H](CC(S)(C3)C1)C2. The third-order valence-corrected chi connectivity index (χ3v) is 5.47. The van der Waals surface area contributed by atoms with Crippen molar-refractivity contribution in [2.75, 3.05) is 14.1 Å². The Bertz CT molecular complexity index is 247. The van der Waals surface area contributed by atoms with Crippen LogP contribution in [0.3, 0.4) is 0 Å². The second-order valence-corrected chi connectivity index (χ2v) is 7.25. The average Bonchev–Trinajstić information content (AvgIpc) is 1.98. The first-order chi connectivity index (χ1) is 6.51. The molecule has 0 aromatic rings. The molecule has 0 N–H and O–H groups in total. The van der Waals surface area contributed by atoms with Gasteiger partial charge < -0.3 is 4.90 Å². The zero-order chi connectivity index (χ0) is 9.97. The minimum Gasteiger partial charge on any atom is -0.304 e. The standard InChI is InChI=1S/C12H21NS/c1-13(2)11-4-9-3-10(5-11)7-12(14,6-9)8-11/h9-10,14H,3-8H2,1-2H3/t9-,10+,11?,12?. The zero-order valence-corrected chi connectivity index (χ0v) is 10.2. The van der Waals surface area contributed by atoms with Gasteiger partial charge in [-0.05, 0) is 64.5 Å². The van der Waals surface area contributed by atoms with Gasteiger partial charge in [0.25, 0.3) is 0 Å². The minimum atomic E-state index is 0.397. The van der Waals surface area contributed by atoms with Crippen molar-refractivity contribution in [1.82, 2.24) is 4.90 Å². The smallest absolute Gasteiger partial charge is 0.0221 e. The van der Waals surface area contributed by atoms with E-state index in [2.05, 4.69) is 19.0 Å². The number of nitrogens with zero attached hydrogens (tertiary/aromatic N) is 1. The molecule has 80 valence electrons. The van der Waals surface area contributed by atoms with Gasteiger partial charge in [0.1, 0.15) is 0 Å². The molecule has 4 saturated carbocycles. The average molecular weight is 211 g/mol. The van der Waals surface area contributed by atoms with Crippen molar-refractivity contribution < 1.29 is 0 Å². The minimum absolute atomic E-state index is 0.397. The predicted octanol–water partition coefficient (Wildman–Crippen LogP) is 2.57. The molecule has 4 bridgehead atoms. The van der Waals surface area contributed by atoms with Crippen molar-refractivity contribution in [2.45, 2.75) is 48.8 Å². The van der Waals surface area contributed by atoms with Gasteiger partial charge in [-0.3, -0.25) is 0 Å². The van der Waals surface area contributed by atoms with Gasteiger partial charge in [0.2, 0.25) is 0 Å². The summed E-state index contributed by atoms with van der Waals surface area (Å²) in [5, 5.41) is 0. The lowest BCUT2D eigenvalue weighted by atomic mass is 9.52. The van der Waals surface area contributed by atoms with Crippen LogP contribution in [-0.2, 0) is 0 Å². The first kappa shape index (κ1) is 9.53. The van der Waals surface area contributed by atoms with Gasteiger partial charge in [0.05, 0.1) is 0 Å². The maximum Gasteiger partial charge on any atom is 0.0221 e. The van der Waals surface area contributed by atoms with Crippen molar-refractivity contribution in [2.24, 2.45) is 11.8 Å². The number of rotatable bonds is 1. The molecule has 0 aromatic heterocycles. The third kappa shape index (κ3) is 1.19. The lowest BCUT2D eigenvalue weighted by Crippen LogP contribution is -2.62. The third-order valence-electron chi connectivity index (χ3n) is 4.95. The molecule has 0 aliphatic heterocycles. The molecule has 0 heterocycles. The van der Waals surface area contributed by atoms with Gasteiger partial charge in [-0.25, -0.2) is 0 Å². The van der Waals surface area contributed by atoms with Gasteiger partial charge in [0.15, 0.2) is 0 Å². The van der Waals surface area contributed by atoms with E-state index in [1.165, 1.54) is 38.5 Å². The van der Waals surface area contributed by atoms with Crippen LogP contribution in [0.25, 0.3) is 0 Å². The Hall–Kier alpha value is 0.310. The molecule has 14 heavy (non-hydrogen) atoms. The lowest BCUT2D eigenvalue weighted by Gasteiger charge is -2.62. The molecule has 4 atom stereocenters. The quantitative estimate of drug-likeness (QED) is 0.652. The molecular weight excluding hydrogens is 190 g/mol. The first-order valence-corrected chi connectivity index (χ1v) is 6.36. The van der Waals surface area contributed by atoms with Crippen molar-refractivity contribution in [3.05, 3.63) is 0 Å². The normalized spacial score (nSPS) is 55.7. The molecule has 2 heteroatoms. The Balaban J connectivity index is 1.96. The molecule has 4 aliphatic carbocycles. The summed E-state index contributed by atoms with van der Waals surface area (Å²) in [5.41, 5.74) is 0.520. The second kappa shape index (κ2) is 2.70. The van der Waals surface area contributed by atoms with Crippen LogP contribution in [0.2, 0.25) is 0 Å². The molecule has 0 radical (unpaired) electrons. The zero-order valence-electron chi connectivity index (χ0n) is 9.29. The number of hydrogen-bond acceptors (Lipinski definition) is 2. The Morgan fingerprint density at radius 2 is 1.64 bits per heavy atom. The van der Waals surface area contributed by atoms with Gasteiger partial charge in [0, 0.05) is 10.3 Å². The van der Waals surface area contributed by atoms with Crippen molar-refractivity contribution >= 4 is 12.6 Å². The largest absolute Gasteiger partial charge is 0.304 e. The van der Waals surface area contributed by atoms with Gasteiger partial charge >= 0.3 is 0 Å². The molecule has 0 amide bonds. The Morgan fingerprint density at radius 1 is 1.07 bits per heavy atom. The van der Waals surface area contributed by atoms with E-state index >= 15 is 0 Å². The van der Waals surface area contributed by atoms with Gasteiger partial charge in [-0.15, -0.1) is 0 Å². The van der Waals surface area contributed by atoms with Crippen LogP contribution in [0.4, 0.5) is 0 Å². The fourth-order valence-corrected chi connectivity index (χ4v) is 5.50. The highest BCUT2D eigenvalue weighted by Crippen LogP contribution is 2.61. The van der Waals surface area contributed by atoms with Crippen LogP contribution in [0.1, 0.15) is 38.5 Å². The fraction of sp³-hybridized carbons (Fsp3) is 1.00. The van der Waals surface area contributed by atoms with Crippen LogP contribution in [-0.4, -0.2) is 29.3 Å². The summed E-state index contributed by atoms with van der Waals surface area (Å²) in [7, 11) is 4.54. The topological polar surface area (TPSA) is 3.24 Å². The van der Waals surface area contributed by atoms with Crippen molar-refractivity contribution in [3.8, 4) is 0 Å². The van der Waals surface area contributed by atoms with Gasteiger partial charge in [-0.2, -0.15) is 12.6 Å². The molecule has 4 fully saturated rings. The highest BCUT2D eigenvalue weighted by Gasteiger charge is 2.57. The summed E-state index contributed by atoms with van der Waals surface area (Å²) in [6.45, 7) is 0. The van der Waals surface area contributed by atoms with E-state index in [-0.39, 0.29) is 0 Å². The van der Waals surface area contributed by atoms with E-state index in [0.29, 0.717) is 10.3 Å². The first-order valence-electron chi connectivity index (χ1n) is 5.91. The highest BCUT2D eigenvalue weighted by atomic mass is 32.1. The summed E-state index contributed by atoms with van der Waals surface area (Å²) in [6, 6.07) is 0. The molecule has 2 unspecified atom stereocenters. The van der Waals surface area contributed by atoms with Crippen molar-refractivity contribution in [1.29, 1.82) is 0 Å². The van der Waals surface area contributed by atoms with Crippen LogP contribution in [0.5, 0.6) is 0 Å². The summed E-state index contributed by atoms with van der Waals surface area (Å²) in [4.78, 5) is 2.50. The highest BCUT2D eigenvalue weighted by molar-refractivity contribution is 7.81. The molecular formula is C12H21NS. The molecule has 0 spiro atoms. The van der Waals surface area contributed by atoms with E-state index < -0.39 is 0 Å². The Labute approximate surface area is 92.7 Å². The van der Waals surface area contributed by atoms with E-state index in [4.69, 9.17) is 12.6 Å². The summed E-state index contributed by atoms with van der Waals surface area (Å²) >= 11 is 4.97. The van der Waals surface area contributed by atoms with Gasteiger partial charge in [-0.1, -0.05) is 0 Å². The van der Waals surface area contributed by atoms with Crippen molar-refractivity contribution in [3.63, 3.8) is 0 Å². The summed E-state index contributed by atoms with van der Waals surface area (Å²) in [6.07, 6.45) is 8.50. The molecule has 0 aromatic carbocycles. The molecule has 4 rings (SSSR count). The monoisotopic (exact) mass is 211 g/mol. The second-order valence-electron chi connectivity index (χ2n) is 6.30. The molecule has 1 nitrogen and oxygen atoms in total. The summed E-state index contributed by atoms with van der Waals surface area (Å²) in [5.74, 6) is 1.97. The summed E-state index contributed by atoms with van der Waals surface area (Å²) < 4.78 is 0.397. The molecule has 4 aliphatic rings. The number of thiol groups is 1. The maximum absolute atomic E-state index is 4.97. The fourth-order valence-electron chi connectivity index (χ4n) is 4.69.